The summed E-state index contributed by atoms with van der Waals surface area (Å²) in [7, 11) is -1.92. The van der Waals surface area contributed by atoms with Crippen LogP contribution >= 0.6 is 0 Å². The molecule has 2 aromatic heterocycles. The van der Waals surface area contributed by atoms with E-state index in [9.17, 15) is 13.2 Å². The topological polar surface area (TPSA) is 86.0 Å². The summed E-state index contributed by atoms with van der Waals surface area (Å²) in [6.45, 7) is 2.10. The van der Waals surface area contributed by atoms with Gasteiger partial charge in [0.15, 0.2) is 0 Å². The number of amides is 1. The van der Waals surface area contributed by atoms with E-state index in [-0.39, 0.29) is 22.9 Å². The molecule has 1 aromatic carbocycles. The Morgan fingerprint density at radius 2 is 2.00 bits per heavy atom. The fourth-order valence-electron chi connectivity index (χ4n) is 2.39. The third-order valence-corrected chi connectivity index (χ3v) is 5.33. The van der Waals surface area contributed by atoms with Crippen LogP contribution in [0.25, 0.3) is 0 Å². The molecule has 0 spiro atoms. The van der Waals surface area contributed by atoms with E-state index in [4.69, 9.17) is 0 Å². The molecule has 3 rings (SSSR count). The number of aryl methyl sites for hydroxylation is 2. The fraction of sp³-hybridized carbons (Fsp3) is 0.176. The van der Waals surface area contributed by atoms with Crippen molar-refractivity contribution in [2.24, 2.45) is 7.05 Å². The Balaban J connectivity index is 1.76. The highest BCUT2D eigenvalue weighted by Gasteiger charge is 2.18. The van der Waals surface area contributed by atoms with Gasteiger partial charge in [0.2, 0.25) is 0 Å². The molecule has 0 atom stereocenters. The van der Waals surface area contributed by atoms with Gasteiger partial charge in [0.05, 0.1) is 22.7 Å². The lowest BCUT2D eigenvalue weighted by molar-refractivity contribution is 0.0950. The molecule has 25 heavy (non-hydrogen) atoms. The van der Waals surface area contributed by atoms with Crippen LogP contribution in [-0.4, -0.2) is 28.1 Å². The Bertz CT molecular complexity index is 1020. The van der Waals surface area contributed by atoms with E-state index >= 15 is 0 Å². The van der Waals surface area contributed by atoms with Crippen molar-refractivity contribution in [2.75, 3.05) is 0 Å². The number of hydrogen-bond acceptors (Lipinski definition) is 4. The number of carbonyl (C=O) groups excluding carboxylic acids is 1. The summed E-state index contributed by atoms with van der Waals surface area (Å²) in [6.07, 6.45) is 4.46. The van der Waals surface area contributed by atoms with Gasteiger partial charge in [-0.2, -0.15) is 5.10 Å². The Hall–Kier alpha value is -2.87. The van der Waals surface area contributed by atoms with Gasteiger partial charge >= 0.3 is 0 Å². The number of aromatic nitrogens is 3. The van der Waals surface area contributed by atoms with Gasteiger partial charge in [-0.1, -0.05) is 12.1 Å². The minimum atomic E-state index is -3.72. The maximum Gasteiger partial charge on any atom is 0.267 e. The molecule has 0 radical (unpaired) electrons. The normalized spacial score (nSPS) is 11.4. The van der Waals surface area contributed by atoms with Crippen LogP contribution in [0.5, 0.6) is 0 Å². The van der Waals surface area contributed by atoms with E-state index in [0.717, 1.165) is 15.2 Å². The van der Waals surface area contributed by atoms with Crippen LogP contribution in [0.1, 0.15) is 21.6 Å². The lowest BCUT2D eigenvalue weighted by Gasteiger charge is -2.06. The Labute approximate surface area is 146 Å². The average molecular weight is 358 g/mol. The highest BCUT2D eigenvalue weighted by atomic mass is 32.2. The first kappa shape index (κ1) is 17.0. The molecule has 0 aliphatic carbocycles. The number of rotatable bonds is 5. The van der Waals surface area contributed by atoms with E-state index in [1.54, 1.807) is 36.1 Å². The molecule has 2 heterocycles. The summed E-state index contributed by atoms with van der Waals surface area (Å²) in [5, 5.41) is 6.89. The lowest BCUT2D eigenvalue weighted by atomic mass is 10.2. The predicted molar refractivity (Wildman–Crippen MR) is 92.6 cm³/mol. The van der Waals surface area contributed by atoms with Crippen molar-refractivity contribution < 1.29 is 13.2 Å². The van der Waals surface area contributed by atoms with Crippen molar-refractivity contribution in [3.05, 3.63) is 71.8 Å². The summed E-state index contributed by atoms with van der Waals surface area (Å²) in [4.78, 5) is 12.4. The van der Waals surface area contributed by atoms with Crippen LogP contribution in [0.15, 0.2) is 59.9 Å². The molecule has 7 nitrogen and oxygen atoms in total. The number of benzene rings is 1. The molecule has 0 saturated carbocycles. The van der Waals surface area contributed by atoms with Gasteiger partial charge in [-0.15, -0.1) is 0 Å². The van der Waals surface area contributed by atoms with Crippen LogP contribution in [0, 0.1) is 6.92 Å². The highest BCUT2D eigenvalue weighted by Crippen LogP contribution is 2.16. The standard InChI is InChI=1S/C17H18N4O3S/c1-13-4-3-5-16(10-13)25(23,24)21-9-6-14(12-21)17(22)18-11-15-7-8-20(2)19-15/h3-10,12H,11H2,1-2H3,(H,18,22). The molecule has 0 saturated heterocycles. The molecule has 3 aromatic rings. The third kappa shape index (κ3) is 3.63. The van der Waals surface area contributed by atoms with Gasteiger partial charge < -0.3 is 5.32 Å². The molecule has 0 aliphatic heterocycles. The Kier molecular flexibility index (Phi) is 4.45. The van der Waals surface area contributed by atoms with Gasteiger partial charge in [0.1, 0.15) is 0 Å². The Morgan fingerprint density at radius 3 is 2.68 bits per heavy atom. The van der Waals surface area contributed by atoms with Gasteiger partial charge in [-0.25, -0.2) is 12.4 Å². The SMILES string of the molecule is Cc1cccc(S(=O)(=O)n2ccc(C(=O)NCc3ccn(C)n3)c2)c1. The van der Waals surface area contributed by atoms with Gasteiger partial charge in [-0.05, 0) is 36.8 Å². The summed E-state index contributed by atoms with van der Waals surface area (Å²) < 4.78 is 27.9. The van der Waals surface area contributed by atoms with E-state index < -0.39 is 10.0 Å². The quantitative estimate of drug-likeness (QED) is 0.752. The molecule has 0 unspecified atom stereocenters. The molecule has 1 N–H and O–H groups in total. The molecule has 1 amide bonds. The fourth-order valence-corrected chi connectivity index (χ4v) is 3.69. The van der Waals surface area contributed by atoms with Crippen molar-refractivity contribution >= 4 is 15.9 Å². The molecule has 130 valence electrons. The van der Waals surface area contributed by atoms with Crippen molar-refractivity contribution in [1.82, 2.24) is 19.1 Å². The second-order valence-electron chi connectivity index (χ2n) is 5.72. The van der Waals surface area contributed by atoms with Crippen molar-refractivity contribution in [3.63, 3.8) is 0 Å². The smallest absolute Gasteiger partial charge is 0.267 e. The number of nitrogens with one attached hydrogen (secondary N) is 1. The number of hydrogen-bond donors (Lipinski definition) is 1. The minimum Gasteiger partial charge on any atom is -0.346 e. The summed E-state index contributed by atoms with van der Waals surface area (Å²) in [6, 6.07) is 9.91. The van der Waals surface area contributed by atoms with E-state index in [0.29, 0.717) is 0 Å². The monoisotopic (exact) mass is 358 g/mol. The first-order valence-electron chi connectivity index (χ1n) is 7.63. The van der Waals surface area contributed by atoms with E-state index in [2.05, 4.69) is 10.4 Å². The van der Waals surface area contributed by atoms with Crippen LogP contribution < -0.4 is 5.32 Å². The molecule has 8 heteroatoms. The highest BCUT2D eigenvalue weighted by molar-refractivity contribution is 7.90. The minimum absolute atomic E-state index is 0.184. The van der Waals surface area contributed by atoms with Crippen molar-refractivity contribution in [2.45, 2.75) is 18.4 Å². The number of nitrogens with zero attached hydrogens (tertiary/aromatic N) is 3. The van der Waals surface area contributed by atoms with E-state index in [1.165, 1.54) is 24.5 Å². The third-order valence-electron chi connectivity index (χ3n) is 3.69. The zero-order valence-electron chi connectivity index (χ0n) is 13.9. The predicted octanol–water partition coefficient (Wildman–Crippen LogP) is 1.70. The largest absolute Gasteiger partial charge is 0.346 e. The first-order valence-corrected chi connectivity index (χ1v) is 9.07. The van der Waals surface area contributed by atoms with E-state index in [1.807, 2.05) is 13.0 Å². The molecule has 0 fully saturated rings. The molecular weight excluding hydrogens is 340 g/mol. The maximum absolute atomic E-state index is 12.6. The second-order valence-corrected chi connectivity index (χ2v) is 7.56. The average Bonchev–Trinajstić information content (AvgIpc) is 3.22. The molecular formula is C17H18N4O3S. The van der Waals surface area contributed by atoms with Crippen LogP contribution in [0.4, 0.5) is 0 Å². The van der Waals surface area contributed by atoms with Crippen LogP contribution in [0.2, 0.25) is 0 Å². The zero-order valence-corrected chi connectivity index (χ0v) is 14.7. The number of carbonyl (C=O) groups is 1. The Morgan fingerprint density at radius 1 is 1.20 bits per heavy atom. The van der Waals surface area contributed by atoms with Gasteiger partial charge in [0.25, 0.3) is 15.9 Å². The summed E-state index contributed by atoms with van der Waals surface area (Å²) in [5.74, 6) is -0.358. The van der Waals surface area contributed by atoms with Crippen LogP contribution in [0.3, 0.4) is 0 Å². The van der Waals surface area contributed by atoms with Crippen molar-refractivity contribution in [3.8, 4) is 0 Å². The lowest BCUT2D eigenvalue weighted by Crippen LogP contribution is -2.23. The first-order chi connectivity index (χ1) is 11.9. The molecule has 0 bridgehead atoms. The summed E-state index contributed by atoms with van der Waals surface area (Å²) >= 11 is 0. The molecule has 0 aliphatic rings. The van der Waals surface area contributed by atoms with Crippen LogP contribution in [-0.2, 0) is 23.6 Å². The maximum atomic E-state index is 12.6. The van der Waals surface area contributed by atoms with Crippen molar-refractivity contribution in [1.29, 1.82) is 0 Å². The zero-order chi connectivity index (χ0) is 18.0. The van der Waals surface area contributed by atoms with Gasteiger partial charge in [0, 0.05) is 25.6 Å². The summed E-state index contributed by atoms with van der Waals surface area (Å²) in [5.41, 5.74) is 1.84. The second kappa shape index (κ2) is 6.56. The van der Waals surface area contributed by atoms with Gasteiger partial charge in [-0.3, -0.25) is 9.48 Å².